The van der Waals surface area contributed by atoms with E-state index in [1.54, 1.807) is 32.9 Å². The first-order chi connectivity index (χ1) is 15.3. The third-order valence-corrected chi connectivity index (χ3v) is 4.40. The Kier molecular flexibility index (Phi) is 8.95. The first-order valence-electron chi connectivity index (χ1n) is 10.3. The lowest BCUT2D eigenvalue weighted by Crippen LogP contribution is -2.17. The van der Waals surface area contributed by atoms with Crippen molar-refractivity contribution in [1.82, 2.24) is 0 Å². The molecule has 0 amide bonds. The van der Waals surface area contributed by atoms with Crippen molar-refractivity contribution < 1.29 is 38.1 Å². The van der Waals surface area contributed by atoms with Crippen LogP contribution in [0.5, 0.6) is 17.2 Å². The van der Waals surface area contributed by atoms with E-state index >= 15 is 0 Å². The fraction of sp³-hybridized carbons (Fsp3) is 0.333. The fourth-order valence-electron chi connectivity index (χ4n) is 2.58. The summed E-state index contributed by atoms with van der Waals surface area (Å²) < 4.78 is 21.4. The average Bonchev–Trinajstić information content (AvgIpc) is 2.81. The van der Waals surface area contributed by atoms with Crippen LogP contribution in [0.4, 0.5) is 0 Å². The molecule has 0 aliphatic rings. The maximum atomic E-state index is 12.8. The van der Waals surface area contributed by atoms with Gasteiger partial charge >= 0.3 is 23.9 Å². The molecule has 0 aliphatic heterocycles. The highest BCUT2D eigenvalue weighted by Crippen LogP contribution is 2.43. The lowest BCUT2D eigenvalue weighted by Gasteiger charge is -2.18. The molecular formula is C24H26O8. The molecule has 0 spiro atoms. The van der Waals surface area contributed by atoms with Crippen LogP contribution >= 0.6 is 0 Å². The summed E-state index contributed by atoms with van der Waals surface area (Å²) in [5.74, 6) is -3.23. The molecule has 0 unspecified atom stereocenters. The van der Waals surface area contributed by atoms with Crippen LogP contribution in [-0.2, 0) is 25.7 Å². The number of carbonyl (C=O) groups is 4. The van der Waals surface area contributed by atoms with Crippen molar-refractivity contribution in [3.8, 4) is 17.2 Å². The number of hydrogen-bond acceptors (Lipinski definition) is 8. The van der Waals surface area contributed by atoms with E-state index in [0.717, 1.165) is 5.56 Å². The summed E-state index contributed by atoms with van der Waals surface area (Å²) in [6, 6.07) is 10.3. The Morgan fingerprint density at radius 1 is 0.750 bits per heavy atom. The lowest BCUT2D eigenvalue weighted by atomic mass is 10.1. The third-order valence-electron chi connectivity index (χ3n) is 4.40. The van der Waals surface area contributed by atoms with Crippen LogP contribution < -0.4 is 14.2 Å². The summed E-state index contributed by atoms with van der Waals surface area (Å²) in [4.78, 5) is 48.8. The van der Waals surface area contributed by atoms with E-state index in [1.807, 2.05) is 18.2 Å². The molecule has 2 rings (SSSR count). The molecule has 0 N–H and O–H groups in total. The summed E-state index contributed by atoms with van der Waals surface area (Å²) in [5.41, 5.74) is 0.998. The molecule has 0 atom stereocenters. The van der Waals surface area contributed by atoms with Crippen molar-refractivity contribution in [2.75, 3.05) is 0 Å². The topological polar surface area (TPSA) is 105 Å². The van der Waals surface area contributed by atoms with E-state index in [1.165, 1.54) is 13.0 Å². The van der Waals surface area contributed by atoms with Crippen molar-refractivity contribution in [2.24, 2.45) is 0 Å². The molecule has 8 heteroatoms. The van der Waals surface area contributed by atoms with Gasteiger partial charge in [0.2, 0.25) is 5.75 Å². The first kappa shape index (κ1) is 24.6. The highest BCUT2D eigenvalue weighted by molar-refractivity contribution is 5.94. The van der Waals surface area contributed by atoms with E-state index in [-0.39, 0.29) is 54.2 Å². The number of hydrogen-bond donors (Lipinski definition) is 0. The van der Waals surface area contributed by atoms with Crippen molar-refractivity contribution in [1.29, 1.82) is 0 Å². The first-order valence-corrected chi connectivity index (χ1v) is 10.3. The molecule has 0 fully saturated rings. The van der Waals surface area contributed by atoms with Crippen LogP contribution in [0.3, 0.4) is 0 Å². The van der Waals surface area contributed by atoms with Crippen LogP contribution in [0.15, 0.2) is 36.4 Å². The molecule has 0 heterocycles. The van der Waals surface area contributed by atoms with Gasteiger partial charge in [-0.25, -0.2) is 4.79 Å². The fourth-order valence-corrected chi connectivity index (χ4v) is 2.58. The number of ether oxygens (including phenoxy) is 4. The minimum Gasteiger partial charge on any atom is -0.457 e. The summed E-state index contributed by atoms with van der Waals surface area (Å²) in [6.45, 7) is 6.29. The van der Waals surface area contributed by atoms with Crippen LogP contribution in [0.2, 0.25) is 0 Å². The van der Waals surface area contributed by atoms with Crippen LogP contribution in [0, 0.1) is 6.92 Å². The second-order valence-electron chi connectivity index (χ2n) is 6.75. The molecule has 0 aliphatic carbocycles. The normalized spacial score (nSPS) is 10.2. The highest BCUT2D eigenvalue weighted by atomic mass is 16.6. The molecule has 0 saturated carbocycles. The molecule has 0 aromatic heterocycles. The number of rotatable bonds is 9. The summed E-state index contributed by atoms with van der Waals surface area (Å²) in [5, 5.41) is 0. The Morgan fingerprint density at radius 2 is 1.28 bits per heavy atom. The maximum absolute atomic E-state index is 12.8. The molecule has 2 aromatic rings. The van der Waals surface area contributed by atoms with Gasteiger partial charge in [-0.1, -0.05) is 51.1 Å². The number of esters is 4. The maximum Gasteiger partial charge on any atom is 0.339 e. The SMILES string of the molecule is CCC(=O)Oc1cc(C(=O)OCc2ccccc2)c(C)c(OC(=O)CC)c1OC(=O)CC. The Bertz CT molecular complexity index is 995. The molecular weight excluding hydrogens is 416 g/mol. The summed E-state index contributed by atoms with van der Waals surface area (Å²) in [6.07, 6.45) is 0.0997. The molecule has 32 heavy (non-hydrogen) atoms. The zero-order chi connectivity index (χ0) is 23.7. The van der Waals surface area contributed by atoms with Gasteiger partial charge in [-0.05, 0) is 18.6 Å². The second-order valence-corrected chi connectivity index (χ2v) is 6.75. The predicted octanol–water partition coefficient (Wildman–Crippen LogP) is 4.30. The van der Waals surface area contributed by atoms with Gasteiger partial charge in [0.15, 0.2) is 11.5 Å². The van der Waals surface area contributed by atoms with Crippen molar-refractivity contribution in [3.05, 3.63) is 53.1 Å². The van der Waals surface area contributed by atoms with Gasteiger partial charge in [0.1, 0.15) is 6.61 Å². The zero-order valence-corrected chi connectivity index (χ0v) is 18.6. The molecule has 0 bridgehead atoms. The van der Waals surface area contributed by atoms with Crippen LogP contribution in [-0.4, -0.2) is 23.9 Å². The molecule has 0 radical (unpaired) electrons. The molecule has 170 valence electrons. The predicted molar refractivity (Wildman–Crippen MR) is 115 cm³/mol. The van der Waals surface area contributed by atoms with E-state index in [9.17, 15) is 19.2 Å². The minimum absolute atomic E-state index is 0.00929. The Labute approximate surface area is 186 Å². The van der Waals surface area contributed by atoms with Gasteiger partial charge in [-0.15, -0.1) is 0 Å². The average molecular weight is 442 g/mol. The summed E-state index contributed by atoms with van der Waals surface area (Å²) in [7, 11) is 0. The molecule has 0 saturated heterocycles. The van der Waals surface area contributed by atoms with E-state index in [0.29, 0.717) is 0 Å². The number of carbonyl (C=O) groups excluding carboxylic acids is 4. The van der Waals surface area contributed by atoms with Crippen molar-refractivity contribution >= 4 is 23.9 Å². The smallest absolute Gasteiger partial charge is 0.339 e. The molecule has 8 nitrogen and oxygen atoms in total. The van der Waals surface area contributed by atoms with Crippen molar-refractivity contribution in [3.63, 3.8) is 0 Å². The van der Waals surface area contributed by atoms with E-state index in [4.69, 9.17) is 18.9 Å². The Morgan fingerprint density at radius 3 is 1.84 bits per heavy atom. The largest absolute Gasteiger partial charge is 0.457 e. The lowest BCUT2D eigenvalue weighted by molar-refractivity contribution is -0.137. The van der Waals surface area contributed by atoms with E-state index in [2.05, 4.69) is 0 Å². The Balaban J connectivity index is 2.54. The zero-order valence-electron chi connectivity index (χ0n) is 18.6. The highest BCUT2D eigenvalue weighted by Gasteiger charge is 2.27. The summed E-state index contributed by atoms with van der Waals surface area (Å²) >= 11 is 0. The molecule has 2 aromatic carbocycles. The van der Waals surface area contributed by atoms with Gasteiger partial charge in [-0.2, -0.15) is 0 Å². The monoisotopic (exact) mass is 442 g/mol. The van der Waals surface area contributed by atoms with Gasteiger partial charge < -0.3 is 18.9 Å². The van der Waals surface area contributed by atoms with Gasteiger partial charge in [0.05, 0.1) is 5.56 Å². The van der Waals surface area contributed by atoms with Gasteiger partial charge in [0.25, 0.3) is 0 Å². The van der Waals surface area contributed by atoms with E-state index < -0.39 is 23.9 Å². The van der Waals surface area contributed by atoms with Crippen LogP contribution in [0.1, 0.15) is 61.5 Å². The Hall–Kier alpha value is -3.68. The van der Waals surface area contributed by atoms with Gasteiger partial charge in [-0.3, -0.25) is 14.4 Å². The van der Waals surface area contributed by atoms with Crippen LogP contribution in [0.25, 0.3) is 0 Å². The third kappa shape index (κ3) is 6.41. The van der Waals surface area contributed by atoms with Crippen molar-refractivity contribution in [2.45, 2.75) is 53.6 Å². The second kappa shape index (κ2) is 11.6. The number of benzene rings is 2. The van der Waals surface area contributed by atoms with Gasteiger partial charge in [0, 0.05) is 24.8 Å². The standard InChI is InChI=1S/C24H26O8/c1-5-19(25)30-18-13-17(24(28)29-14-16-11-9-8-10-12-16)15(4)22(31-20(26)6-2)23(18)32-21(27)7-3/h8-13H,5-7,14H2,1-4H3. The quantitative estimate of drug-likeness (QED) is 0.418. The minimum atomic E-state index is -0.720.